The Morgan fingerprint density at radius 3 is 2.83 bits per heavy atom. The first-order valence-electron chi connectivity index (χ1n) is 3.52. The number of hydrogen-bond donors (Lipinski definition) is 1. The molecule has 0 saturated heterocycles. The molecule has 0 aliphatic heterocycles. The Kier molecular flexibility index (Phi) is 4.09. The molecule has 0 fully saturated rings. The van der Waals surface area contributed by atoms with Gasteiger partial charge < -0.3 is 10.5 Å². The first-order valence-corrected chi connectivity index (χ1v) is 3.52. The van der Waals surface area contributed by atoms with E-state index < -0.39 is 11.5 Å². The predicted molar refractivity (Wildman–Crippen MR) is 47.2 cm³/mol. The molecule has 0 aliphatic carbocycles. The van der Waals surface area contributed by atoms with E-state index in [2.05, 4.69) is 17.2 Å². The second kappa shape index (κ2) is 4.58. The SMILES string of the molecule is C#CCC(N)(CC=C)C(=O)OC. The van der Waals surface area contributed by atoms with Crippen molar-refractivity contribution in [2.75, 3.05) is 7.11 Å². The van der Waals surface area contributed by atoms with Gasteiger partial charge in [-0.2, -0.15) is 0 Å². The van der Waals surface area contributed by atoms with Gasteiger partial charge in [0.2, 0.25) is 0 Å². The Hall–Kier alpha value is -1.27. The topological polar surface area (TPSA) is 52.3 Å². The number of methoxy groups -OCH3 is 1. The van der Waals surface area contributed by atoms with Gasteiger partial charge in [-0.15, -0.1) is 18.9 Å². The first kappa shape index (κ1) is 10.7. The molecule has 0 rings (SSSR count). The van der Waals surface area contributed by atoms with E-state index in [1.165, 1.54) is 7.11 Å². The van der Waals surface area contributed by atoms with Crippen LogP contribution in [0.25, 0.3) is 0 Å². The van der Waals surface area contributed by atoms with Gasteiger partial charge in [-0.1, -0.05) is 6.08 Å². The zero-order valence-corrected chi connectivity index (χ0v) is 7.17. The van der Waals surface area contributed by atoms with Crippen LogP contribution in [0.1, 0.15) is 12.8 Å². The second-order valence-corrected chi connectivity index (χ2v) is 2.52. The number of esters is 1. The number of terminal acetylenes is 1. The summed E-state index contributed by atoms with van der Waals surface area (Å²) in [4.78, 5) is 11.1. The van der Waals surface area contributed by atoms with Crippen molar-refractivity contribution in [1.82, 2.24) is 0 Å². The number of ether oxygens (including phenoxy) is 1. The van der Waals surface area contributed by atoms with Crippen LogP contribution in [0.3, 0.4) is 0 Å². The van der Waals surface area contributed by atoms with E-state index in [1.807, 2.05) is 0 Å². The third-order valence-corrected chi connectivity index (χ3v) is 1.52. The van der Waals surface area contributed by atoms with E-state index in [1.54, 1.807) is 6.08 Å². The molecule has 0 spiro atoms. The van der Waals surface area contributed by atoms with E-state index in [-0.39, 0.29) is 6.42 Å². The average Bonchev–Trinajstić information content (AvgIpc) is 2.04. The summed E-state index contributed by atoms with van der Waals surface area (Å²) in [6.07, 6.45) is 7.10. The largest absolute Gasteiger partial charge is 0.468 e. The lowest BCUT2D eigenvalue weighted by Gasteiger charge is -2.22. The fourth-order valence-corrected chi connectivity index (χ4v) is 0.871. The van der Waals surface area contributed by atoms with Crippen LogP contribution in [0, 0.1) is 12.3 Å². The highest BCUT2D eigenvalue weighted by atomic mass is 16.5. The van der Waals surface area contributed by atoms with Gasteiger partial charge in [-0.25, -0.2) is 0 Å². The van der Waals surface area contributed by atoms with Gasteiger partial charge >= 0.3 is 5.97 Å². The molecule has 3 nitrogen and oxygen atoms in total. The molecular formula is C9H13NO2. The molecule has 0 bridgehead atoms. The molecule has 0 aromatic carbocycles. The minimum absolute atomic E-state index is 0.158. The number of hydrogen-bond acceptors (Lipinski definition) is 3. The van der Waals surface area contributed by atoms with E-state index in [4.69, 9.17) is 12.2 Å². The molecule has 0 aromatic rings. The molecular weight excluding hydrogens is 154 g/mol. The number of nitrogens with two attached hydrogens (primary N) is 1. The van der Waals surface area contributed by atoms with E-state index >= 15 is 0 Å². The molecule has 3 heteroatoms. The molecule has 0 saturated carbocycles. The average molecular weight is 167 g/mol. The predicted octanol–water partition coefficient (Wildman–Crippen LogP) is 0.456. The Morgan fingerprint density at radius 2 is 2.50 bits per heavy atom. The fourth-order valence-electron chi connectivity index (χ4n) is 0.871. The van der Waals surface area contributed by atoms with Gasteiger partial charge in [0.15, 0.2) is 0 Å². The Labute approximate surface area is 72.6 Å². The summed E-state index contributed by atoms with van der Waals surface area (Å²) < 4.78 is 4.51. The van der Waals surface area contributed by atoms with Gasteiger partial charge in [0, 0.05) is 6.42 Å². The maximum Gasteiger partial charge on any atom is 0.327 e. The van der Waals surface area contributed by atoms with E-state index in [9.17, 15) is 4.79 Å². The van der Waals surface area contributed by atoms with Gasteiger partial charge in [-0.3, -0.25) is 4.79 Å². The number of carbonyl (C=O) groups excluding carboxylic acids is 1. The maximum absolute atomic E-state index is 11.1. The molecule has 0 amide bonds. The highest BCUT2D eigenvalue weighted by molar-refractivity contribution is 5.81. The lowest BCUT2D eigenvalue weighted by atomic mass is 9.93. The van der Waals surface area contributed by atoms with Crippen molar-refractivity contribution in [1.29, 1.82) is 0 Å². The van der Waals surface area contributed by atoms with Gasteiger partial charge in [0.05, 0.1) is 7.11 Å². The second-order valence-electron chi connectivity index (χ2n) is 2.52. The molecule has 2 N–H and O–H groups in total. The highest BCUT2D eigenvalue weighted by Gasteiger charge is 2.32. The minimum Gasteiger partial charge on any atom is -0.468 e. The van der Waals surface area contributed by atoms with Gasteiger partial charge in [0.1, 0.15) is 5.54 Å². The zero-order chi connectivity index (χ0) is 9.61. The van der Waals surface area contributed by atoms with Gasteiger partial charge in [0.25, 0.3) is 0 Å². The summed E-state index contributed by atoms with van der Waals surface area (Å²) in [7, 11) is 1.28. The first-order chi connectivity index (χ1) is 5.60. The third-order valence-electron chi connectivity index (χ3n) is 1.52. The van der Waals surface area contributed by atoms with Crippen molar-refractivity contribution in [2.24, 2.45) is 5.73 Å². The van der Waals surface area contributed by atoms with Crippen molar-refractivity contribution in [2.45, 2.75) is 18.4 Å². The van der Waals surface area contributed by atoms with Crippen molar-refractivity contribution in [3.63, 3.8) is 0 Å². The molecule has 0 radical (unpaired) electrons. The molecule has 1 atom stereocenters. The van der Waals surface area contributed by atoms with Crippen LogP contribution < -0.4 is 5.73 Å². The Morgan fingerprint density at radius 1 is 1.92 bits per heavy atom. The minimum atomic E-state index is -1.11. The van der Waals surface area contributed by atoms with Crippen LogP contribution in [0.15, 0.2) is 12.7 Å². The standard InChI is InChI=1S/C9H13NO2/c1-4-6-9(10,7-5-2)8(11)12-3/h1,5H,2,6-7,10H2,3H3. The third kappa shape index (κ3) is 2.40. The quantitative estimate of drug-likeness (QED) is 0.376. The van der Waals surface area contributed by atoms with E-state index in [0.717, 1.165) is 0 Å². The molecule has 0 aromatic heterocycles. The smallest absolute Gasteiger partial charge is 0.327 e. The molecule has 0 aliphatic rings. The van der Waals surface area contributed by atoms with Crippen LogP contribution in [-0.4, -0.2) is 18.6 Å². The number of carbonyl (C=O) groups is 1. The Bertz CT molecular complexity index is 217. The molecule has 12 heavy (non-hydrogen) atoms. The van der Waals surface area contributed by atoms with Crippen LogP contribution >= 0.6 is 0 Å². The number of rotatable bonds is 4. The lowest BCUT2D eigenvalue weighted by molar-refractivity contribution is -0.146. The van der Waals surface area contributed by atoms with Crippen LogP contribution in [-0.2, 0) is 9.53 Å². The Balaban J connectivity index is 4.49. The van der Waals surface area contributed by atoms with E-state index in [0.29, 0.717) is 6.42 Å². The monoisotopic (exact) mass is 167 g/mol. The summed E-state index contributed by atoms with van der Waals surface area (Å²) in [6.45, 7) is 3.49. The van der Waals surface area contributed by atoms with Crippen molar-refractivity contribution in [3.8, 4) is 12.3 Å². The summed E-state index contributed by atoms with van der Waals surface area (Å²) in [5.41, 5.74) is 4.58. The summed E-state index contributed by atoms with van der Waals surface area (Å²) in [5.74, 6) is 1.84. The van der Waals surface area contributed by atoms with Crippen molar-refractivity contribution >= 4 is 5.97 Å². The highest BCUT2D eigenvalue weighted by Crippen LogP contribution is 2.13. The zero-order valence-electron chi connectivity index (χ0n) is 7.17. The fraction of sp³-hybridized carbons (Fsp3) is 0.444. The van der Waals surface area contributed by atoms with Crippen molar-refractivity contribution < 1.29 is 9.53 Å². The normalized spacial score (nSPS) is 14.1. The summed E-state index contributed by atoms with van der Waals surface area (Å²) in [5, 5.41) is 0. The molecule has 66 valence electrons. The maximum atomic E-state index is 11.1. The van der Waals surface area contributed by atoms with Crippen LogP contribution in [0.5, 0.6) is 0 Å². The summed E-state index contributed by atoms with van der Waals surface area (Å²) in [6, 6.07) is 0. The van der Waals surface area contributed by atoms with Crippen molar-refractivity contribution in [3.05, 3.63) is 12.7 Å². The molecule has 1 unspecified atom stereocenters. The van der Waals surface area contributed by atoms with Crippen LogP contribution in [0.2, 0.25) is 0 Å². The molecule has 0 heterocycles. The van der Waals surface area contributed by atoms with Gasteiger partial charge in [-0.05, 0) is 6.42 Å². The lowest BCUT2D eigenvalue weighted by Crippen LogP contribution is -2.48. The van der Waals surface area contributed by atoms with Crippen LogP contribution in [0.4, 0.5) is 0 Å². The summed E-state index contributed by atoms with van der Waals surface area (Å²) >= 11 is 0.